The fourth-order valence-electron chi connectivity index (χ4n) is 1.66. The summed E-state index contributed by atoms with van der Waals surface area (Å²) in [7, 11) is 1.44. The lowest BCUT2D eigenvalue weighted by molar-refractivity contribution is -0.178. The smallest absolute Gasteiger partial charge is 0.329 e. The summed E-state index contributed by atoms with van der Waals surface area (Å²) >= 11 is 0. The van der Waals surface area contributed by atoms with Gasteiger partial charge in [0.1, 0.15) is 6.04 Å². The Balaban J connectivity index is 2.70. The molecule has 0 spiro atoms. The molecule has 17 heavy (non-hydrogen) atoms. The molecule has 1 aromatic rings. The highest BCUT2D eigenvalue weighted by molar-refractivity contribution is 5.21. The van der Waals surface area contributed by atoms with Crippen LogP contribution >= 0.6 is 0 Å². The molecule has 5 heteroatoms. The van der Waals surface area contributed by atoms with Gasteiger partial charge >= 0.3 is 6.18 Å². The van der Waals surface area contributed by atoms with Gasteiger partial charge in [0.25, 0.3) is 0 Å². The van der Waals surface area contributed by atoms with E-state index in [0.29, 0.717) is 0 Å². The highest BCUT2D eigenvalue weighted by atomic mass is 19.4. The number of rotatable bonds is 4. The second-order valence-corrected chi connectivity index (χ2v) is 4.19. The summed E-state index contributed by atoms with van der Waals surface area (Å²) < 4.78 is 37.8. The molecule has 2 N–H and O–H groups in total. The van der Waals surface area contributed by atoms with Crippen LogP contribution in [0.15, 0.2) is 24.3 Å². The number of hydrogen-bond acceptors (Lipinski definition) is 2. The first-order valence-corrected chi connectivity index (χ1v) is 5.37. The lowest BCUT2D eigenvalue weighted by Crippen LogP contribution is -2.48. The number of hydrogen-bond donors (Lipinski definition) is 1. The van der Waals surface area contributed by atoms with E-state index in [9.17, 15) is 13.2 Å². The molecule has 1 atom stereocenters. The molecule has 0 aliphatic carbocycles. The van der Waals surface area contributed by atoms with Crippen LogP contribution in [0.5, 0.6) is 0 Å². The quantitative estimate of drug-likeness (QED) is 0.883. The normalized spacial score (nSPS) is 14.1. The van der Waals surface area contributed by atoms with Gasteiger partial charge in [-0.3, -0.25) is 4.90 Å². The summed E-state index contributed by atoms with van der Waals surface area (Å²) in [5.74, 6) is 0. The molecule has 1 rings (SSSR count). The predicted molar refractivity (Wildman–Crippen MR) is 61.5 cm³/mol. The van der Waals surface area contributed by atoms with Crippen molar-refractivity contribution in [3.05, 3.63) is 35.4 Å². The Hall–Kier alpha value is -1.07. The van der Waals surface area contributed by atoms with E-state index in [0.717, 1.165) is 11.1 Å². The van der Waals surface area contributed by atoms with Crippen molar-refractivity contribution in [2.75, 3.05) is 13.6 Å². The van der Waals surface area contributed by atoms with Gasteiger partial charge in [-0.25, -0.2) is 0 Å². The van der Waals surface area contributed by atoms with Crippen molar-refractivity contribution in [3.8, 4) is 0 Å². The van der Waals surface area contributed by atoms with Crippen LogP contribution < -0.4 is 5.73 Å². The zero-order chi connectivity index (χ0) is 13.1. The minimum absolute atomic E-state index is 0.238. The lowest BCUT2D eigenvalue weighted by Gasteiger charge is -2.28. The van der Waals surface area contributed by atoms with E-state index in [1.54, 1.807) is 0 Å². The fraction of sp³-hybridized carbons (Fsp3) is 0.500. The number of aryl methyl sites for hydroxylation is 1. The summed E-state index contributed by atoms with van der Waals surface area (Å²) in [4.78, 5) is 1.23. The van der Waals surface area contributed by atoms with E-state index in [-0.39, 0.29) is 6.54 Å². The van der Waals surface area contributed by atoms with Crippen LogP contribution in [0.2, 0.25) is 0 Å². The van der Waals surface area contributed by atoms with Crippen molar-refractivity contribution in [2.24, 2.45) is 5.73 Å². The summed E-state index contributed by atoms with van der Waals surface area (Å²) in [5.41, 5.74) is 7.11. The molecular formula is C12H17F3N2. The Morgan fingerprint density at radius 1 is 1.24 bits per heavy atom. The number of halogens is 3. The topological polar surface area (TPSA) is 29.3 Å². The average molecular weight is 246 g/mol. The molecule has 2 nitrogen and oxygen atoms in total. The van der Waals surface area contributed by atoms with Crippen molar-refractivity contribution in [3.63, 3.8) is 0 Å². The lowest BCUT2D eigenvalue weighted by atomic mass is 10.1. The minimum atomic E-state index is -4.28. The van der Waals surface area contributed by atoms with Crippen LogP contribution in [0.25, 0.3) is 0 Å². The molecule has 0 heterocycles. The maximum absolute atomic E-state index is 12.6. The predicted octanol–water partition coefficient (Wildman–Crippen LogP) is 2.32. The molecule has 0 aromatic heterocycles. The van der Waals surface area contributed by atoms with Crippen LogP contribution in [-0.2, 0) is 6.54 Å². The van der Waals surface area contributed by atoms with E-state index in [1.165, 1.54) is 11.9 Å². The van der Waals surface area contributed by atoms with E-state index in [1.807, 2.05) is 31.2 Å². The molecule has 0 aliphatic rings. The SMILES string of the molecule is Cc1ccc(CN(C)C(CN)C(F)(F)F)cc1. The molecule has 0 saturated heterocycles. The summed E-state index contributed by atoms with van der Waals surface area (Å²) in [5, 5.41) is 0. The van der Waals surface area contributed by atoms with Crippen LogP contribution in [0.3, 0.4) is 0 Å². The van der Waals surface area contributed by atoms with Crippen LogP contribution in [0.4, 0.5) is 13.2 Å². The zero-order valence-electron chi connectivity index (χ0n) is 9.96. The largest absolute Gasteiger partial charge is 0.405 e. The van der Waals surface area contributed by atoms with Crippen LogP contribution in [-0.4, -0.2) is 30.7 Å². The Morgan fingerprint density at radius 3 is 2.18 bits per heavy atom. The van der Waals surface area contributed by atoms with Gasteiger partial charge in [0.2, 0.25) is 0 Å². The minimum Gasteiger partial charge on any atom is -0.329 e. The molecule has 96 valence electrons. The molecule has 0 fully saturated rings. The monoisotopic (exact) mass is 246 g/mol. The Kier molecular flexibility index (Phi) is 4.54. The third kappa shape index (κ3) is 4.02. The number of benzene rings is 1. The number of alkyl halides is 3. The highest BCUT2D eigenvalue weighted by Gasteiger charge is 2.41. The van der Waals surface area contributed by atoms with Gasteiger partial charge in [-0.1, -0.05) is 29.8 Å². The van der Waals surface area contributed by atoms with Crippen molar-refractivity contribution in [2.45, 2.75) is 25.7 Å². The number of likely N-dealkylation sites (N-methyl/N-ethyl adjacent to an activating group) is 1. The standard InChI is InChI=1S/C12H17F3N2/c1-9-3-5-10(6-4-9)8-17(2)11(7-16)12(13,14)15/h3-6,11H,7-8,16H2,1-2H3. The fourth-order valence-corrected chi connectivity index (χ4v) is 1.66. The third-order valence-corrected chi connectivity index (χ3v) is 2.69. The molecule has 0 bridgehead atoms. The van der Waals surface area contributed by atoms with E-state index in [4.69, 9.17) is 5.73 Å². The van der Waals surface area contributed by atoms with E-state index < -0.39 is 18.8 Å². The first-order valence-electron chi connectivity index (χ1n) is 5.37. The van der Waals surface area contributed by atoms with Gasteiger partial charge in [-0.2, -0.15) is 13.2 Å². The van der Waals surface area contributed by atoms with Gasteiger partial charge in [-0.05, 0) is 19.5 Å². The molecule has 0 amide bonds. The second-order valence-electron chi connectivity index (χ2n) is 4.19. The third-order valence-electron chi connectivity index (χ3n) is 2.69. The first kappa shape index (κ1) is 14.0. The summed E-state index contributed by atoms with van der Waals surface area (Å²) in [6.07, 6.45) is -4.28. The van der Waals surface area contributed by atoms with Gasteiger partial charge in [0.05, 0.1) is 0 Å². The van der Waals surface area contributed by atoms with E-state index in [2.05, 4.69) is 0 Å². The Labute approximate surface area is 99.2 Å². The van der Waals surface area contributed by atoms with Crippen LogP contribution in [0.1, 0.15) is 11.1 Å². The number of nitrogens with two attached hydrogens (primary N) is 1. The van der Waals surface area contributed by atoms with E-state index >= 15 is 0 Å². The second kappa shape index (κ2) is 5.51. The van der Waals surface area contributed by atoms with Crippen molar-refractivity contribution >= 4 is 0 Å². The zero-order valence-corrected chi connectivity index (χ0v) is 9.96. The molecule has 0 saturated carbocycles. The Bertz CT molecular complexity index is 346. The maximum Gasteiger partial charge on any atom is 0.405 e. The molecule has 1 unspecified atom stereocenters. The molecule has 0 aliphatic heterocycles. The molecule has 0 radical (unpaired) electrons. The van der Waals surface area contributed by atoms with Crippen molar-refractivity contribution < 1.29 is 13.2 Å². The average Bonchev–Trinajstić information content (AvgIpc) is 2.20. The Morgan fingerprint density at radius 2 is 1.76 bits per heavy atom. The van der Waals surface area contributed by atoms with Crippen LogP contribution in [0, 0.1) is 6.92 Å². The van der Waals surface area contributed by atoms with Gasteiger partial charge in [-0.15, -0.1) is 0 Å². The molecule has 1 aromatic carbocycles. The van der Waals surface area contributed by atoms with Crippen molar-refractivity contribution in [1.29, 1.82) is 0 Å². The summed E-state index contributed by atoms with van der Waals surface area (Å²) in [6.45, 7) is 1.75. The summed E-state index contributed by atoms with van der Waals surface area (Å²) in [6, 6.07) is 5.83. The van der Waals surface area contributed by atoms with Crippen molar-refractivity contribution in [1.82, 2.24) is 4.90 Å². The number of nitrogens with zero attached hydrogens (tertiary/aromatic N) is 1. The highest BCUT2D eigenvalue weighted by Crippen LogP contribution is 2.24. The maximum atomic E-state index is 12.6. The molecular weight excluding hydrogens is 229 g/mol. The van der Waals surface area contributed by atoms with Gasteiger partial charge < -0.3 is 5.73 Å². The van der Waals surface area contributed by atoms with Gasteiger partial charge in [0, 0.05) is 13.1 Å². The van der Waals surface area contributed by atoms with Gasteiger partial charge in [0.15, 0.2) is 0 Å². The first-order chi connectivity index (χ1) is 7.84.